The van der Waals surface area contributed by atoms with Gasteiger partial charge < -0.3 is 0 Å². The first-order chi connectivity index (χ1) is 12.4. The third kappa shape index (κ3) is 5.20. The summed E-state index contributed by atoms with van der Waals surface area (Å²) < 4.78 is 53.7. The molecule has 4 heteroatoms. The van der Waals surface area contributed by atoms with Crippen LogP contribution < -0.4 is 0 Å². The first-order valence-corrected chi connectivity index (χ1v) is 8.99. The van der Waals surface area contributed by atoms with E-state index >= 15 is 0 Å². The molecule has 0 spiro atoms. The zero-order valence-corrected chi connectivity index (χ0v) is 15.2. The van der Waals surface area contributed by atoms with E-state index in [0.717, 1.165) is 35.6 Å². The molecule has 0 unspecified atom stereocenters. The lowest BCUT2D eigenvalue weighted by Crippen LogP contribution is -2.11. The van der Waals surface area contributed by atoms with Gasteiger partial charge in [-0.1, -0.05) is 74.7 Å². The van der Waals surface area contributed by atoms with Crippen LogP contribution in [0.5, 0.6) is 0 Å². The van der Waals surface area contributed by atoms with Gasteiger partial charge in [-0.05, 0) is 41.7 Å². The molecule has 0 amide bonds. The normalized spacial score (nSPS) is 13.8. The predicted molar refractivity (Wildman–Crippen MR) is 101 cm³/mol. The fourth-order valence-corrected chi connectivity index (χ4v) is 3.01. The Kier molecular flexibility index (Phi) is 7.01. The van der Waals surface area contributed by atoms with E-state index in [9.17, 15) is 17.6 Å². The summed E-state index contributed by atoms with van der Waals surface area (Å²) in [5.41, 5.74) is 0.869. The molecule has 0 aliphatic heterocycles. The van der Waals surface area contributed by atoms with Crippen molar-refractivity contribution < 1.29 is 17.6 Å². The first kappa shape index (κ1) is 20.2. The summed E-state index contributed by atoms with van der Waals surface area (Å²) in [4.78, 5) is 0. The highest BCUT2D eigenvalue weighted by Crippen LogP contribution is 2.38. The number of unbranched alkanes of at least 4 members (excludes halogenated alkanes) is 1. The highest BCUT2D eigenvalue weighted by Gasteiger charge is 2.37. The monoisotopic (exact) mass is 364 g/mol. The van der Waals surface area contributed by atoms with Crippen molar-refractivity contribution in [1.82, 2.24) is 0 Å². The minimum Gasteiger partial charge on any atom is -0.201 e. The van der Waals surface area contributed by atoms with E-state index in [-0.39, 0.29) is 17.6 Å². The van der Waals surface area contributed by atoms with Crippen molar-refractivity contribution in [2.24, 2.45) is 0 Å². The van der Waals surface area contributed by atoms with Crippen LogP contribution >= 0.6 is 0 Å². The van der Waals surface area contributed by atoms with Crippen molar-refractivity contribution in [3.63, 3.8) is 0 Å². The average molecular weight is 364 g/mol. The lowest BCUT2D eigenvalue weighted by Gasteiger charge is -2.15. The van der Waals surface area contributed by atoms with E-state index in [0.29, 0.717) is 6.42 Å². The van der Waals surface area contributed by atoms with E-state index in [1.165, 1.54) is 0 Å². The Morgan fingerprint density at radius 1 is 0.962 bits per heavy atom. The van der Waals surface area contributed by atoms with Crippen molar-refractivity contribution in [3.05, 3.63) is 65.5 Å². The molecule has 26 heavy (non-hydrogen) atoms. The second kappa shape index (κ2) is 9.02. The molecular weight excluding hydrogens is 340 g/mol. The molecule has 0 fully saturated rings. The minimum absolute atomic E-state index is 0.0163. The van der Waals surface area contributed by atoms with Crippen LogP contribution in [0.2, 0.25) is 0 Å². The van der Waals surface area contributed by atoms with Gasteiger partial charge in [-0.15, -0.1) is 0 Å². The highest BCUT2D eigenvalue weighted by molar-refractivity contribution is 5.87. The molecule has 0 nitrogen and oxygen atoms in total. The number of hydrogen-bond acceptors (Lipinski definition) is 0. The average Bonchev–Trinajstić information content (AvgIpc) is 2.62. The summed E-state index contributed by atoms with van der Waals surface area (Å²) in [6.45, 7) is 3.98. The number of hydrogen-bond donors (Lipinski definition) is 0. The third-order valence-electron chi connectivity index (χ3n) is 4.31. The van der Waals surface area contributed by atoms with Gasteiger partial charge in [0.15, 0.2) is 0 Å². The van der Waals surface area contributed by atoms with E-state index in [4.69, 9.17) is 0 Å². The minimum atomic E-state index is -4.98. The summed E-state index contributed by atoms with van der Waals surface area (Å²) >= 11 is 0. The summed E-state index contributed by atoms with van der Waals surface area (Å²) in [5, 5.41) is 1.71. The van der Waals surface area contributed by atoms with E-state index in [1.807, 2.05) is 44.2 Å². The maximum Gasteiger partial charge on any atom is 0.443 e. The van der Waals surface area contributed by atoms with Crippen molar-refractivity contribution in [3.8, 4) is 0 Å². The molecule has 0 atom stereocenters. The first-order valence-electron chi connectivity index (χ1n) is 8.99. The number of fused-ring (bicyclic) bond motifs is 1. The van der Waals surface area contributed by atoms with Gasteiger partial charge >= 0.3 is 6.18 Å². The Morgan fingerprint density at radius 3 is 2.27 bits per heavy atom. The van der Waals surface area contributed by atoms with Gasteiger partial charge in [-0.3, -0.25) is 0 Å². The van der Waals surface area contributed by atoms with Gasteiger partial charge in [0, 0.05) is 5.57 Å². The molecular formula is C22H24F4. The van der Waals surface area contributed by atoms with Crippen LogP contribution in [0.25, 0.3) is 16.3 Å². The molecule has 0 saturated heterocycles. The zero-order chi connectivity index (χ0) is 19.2. The summed E-state index contributed by atoms with van der Waals surface area (Å²) in [6.07, 6.45) is 0.128. The maximum atomic E-state index is 14.3. The van der Waals surface area contributed by atoms with Gasteiger partial charge in [0.1, 0.15) is 0 Å². The highest BCUT2D eigenvalue weighted by atomic mass is 19.4. The van der Waals surface area contributed by atoms with Gasteiger partial charge in [0.25, 0.3) is 0 Å². The van der Waals surface area contributed by atoms with Crippen LogP contribution in [0, 0.1) is 0 Å². The molecule has 0 N–H and O–H groups in total. The molecule has 0 saturated carbocycles. The van der Waals surface area contributed by atoms with Crippen LogP contribution in [0.15, 0.2) is 59.9 Å². The fraction of sp³-hybridized carbons (Fsp3) is 0.364. The maximum absolute atomic E-state index is 14.3. The third-order valence-corrected chi connectivity index (χ3v) is 4.31. The van der Waals surface area contributed by atoms with Gasteiger partial charge in [0.05, 0.1) is 0 Å². The summed E-state index contributed by atoms with van der Waals surface area (Å²) in [5.74, 6) is -1.99. The molecule has 2 aromatic rings. The molecule has 0 aliphatic carbocycles. The Balaban J connectivity index is 2.53. The van der Waals surface area contributed by atoms with Crippen LogP contribution in [0.3, 0.4) is 0 Å². The van der Waals surface area contributed by atoms with Crippen LogP contribution in [0.4, 0.5) is 17.6 Å². The van der Waals surface area contributed by atoms with Gasteiger partial charge in [-0.2, -0.15) is 13.2 Å². The van der Waals surface area contributed by atoms with Crippen LogP contribution in [-0.2, 0) is 0 Å². The largest absolute Gasteiger partial charge is 0.443 e. The van der Waals surface area contributed by atoms with Crippen molar-refractivity contribution in [2.75, 3.05) is 0 Å². The summed E-state index contributed by atoms with van der Waals surface area (Å²) in [7, 11) is 0. The number of alkyl halides is 3. The topological polar surface area (TPSA) is 0 Å². The second-order valence-corrected chi connectivity index (χ2v) is 6.43. The lowest BCUT2D eigenvalue weighted by atomic mass is 9.92. The van der Waals surface area contributed by atoms with Gasteiger partial charge in [0.2, 0.25) is 5.83 Å². The molecule has 0 aliphatic rings. The zero-order valence-electron chi connectivity index (χ0n) is 15.2. The number of rotatable bonds is 7. The molecule has 2 rings (SSSR count). The number of halogens is 4. The van der Waals surface area contributed by atoms with Crippen LogP contribution in [0.1, 0.15) is 51.5 Å². The lowest BCUT2D eigenvalue weighted by molar-refractivity contribution is -0.108. The van der Waals surface area contributed by atoms with Crippen molar-refractivity contribution in [2.45, 2.75) is 52.1 Å². The van der Waals surface area contributed by atoms with Crippen molar-refractivity contribution >= 4 is 16.3 Å². The van der Waals surface area contributed by atoms with E-state index < -0.39 is 12.0 Å². The Labute approximate surface area is 152 Å². The quantitative estimate of drug-likeness (QED) is 0.345. The molecule has 0 aromatic heterocycles. The van der Waals surface area contributed by atoms with E-state index in [1.54, 1.807) is 18.2 Å². The Hall–Kier alpha value is -2.10. The smallest absolute Gasteiger partial charge is 0.201 e. The van der Waals surface area contributed by atoms with Crippen LogP contribution in [-0.4, -0.2) is 6.18 Å². The van der Waals surface area contributed by atoms with Gasteiger partial charge in [-0.25, -0.2) is 4.39 Å². The Morgan fingerprint density at radius 2 is 1.65 bits per heavy atom. The molecule has 0 radical (unpaired) electrons. The van der Waals surface area contributed by atoms with Crippen molar-refractivity contribution in [1.29, 1.82) is 0 Å². The molecule has 0 heterocycles. The number of allylic oxidation sites excluding steroid dienone is 4. The summed E-state index contributed by atoms with van der Waals surface area (Å²) in [6, 6.07) is 12.3. The molecule has 2 aromatic carbocycles. The Bertz CT molecular complexity index is 797. The SMILES string of the molecule is CCC/C=C(\CCC)C/C(=C(/F)C(F)(F)F)c1ccc2ccccc2c1. The molecule has 140 valence electrons. The number of benzene rings is 2. The second-order valence-electron chi connectivity index (χ2n) is 6.43. The standard InChI is InChI=1S/C22H24F4/c1-3-5-9-16(8-4-2)14-20(21(23)22(24,25)26)19-13-12-17-10-6-7-11-18(17)15-19/h6-7,9-13,15H,3-5,8,14H2,1-2H3/b16-9+,21-20-. The van der Waals surface area contributed by atoms with E-state index in [2.05, 4.69) is 0 Å². The fourth-order valence-electron chi connectivity index (χ4n) is 3.01. The molecule has 0 bridgehead atoms. The predicted octanol–water partition coefficient (Wildman–Crippen LogP) is 8.00.